The summed E-state index contributed by atoms with van der Waals surface area (Å²) in [6.45, 7) is 7.42. The topological polar surface area (TPSA) is 71.5 Å². The van der Waals surface area contributed by atoms with Crippen molar-refractivity contribution in [3.05, 3.63) is 59.5 Å². The molecule has 2 saturated heterocycles. The van der Waals surface area contributed by atoms with Gasteiger partial charge in [-0.15, -0.1) is 0 Å². The molecule has 39 heavy (non-hydrogen) atoms. The summed E-state index contributed by atoms with van der Waals surface area (Å²) in [5.74, 6) is -0.653. The molecule has 0 saturated carbocycles. The summed E-state index contributed by atoms with van der Waals surface area (Å²) in [4.78, 5) is 30.1. The van der Waals surface area contributed by atoms with Gasteiger partial charge in [0, 0.05) is 36.8 Å². The molecule has 2 aliphatic heterocycles. The molecule has 2 aromatic carbocycles. The van der Waals surface area contributed by atoms with E-state index in [0.29, 0.717) is 47.2 Å². The van der Waals surface area contributed by atoms with Crippen LogP contribution in [0.15, 0.2) is 42.9 Å². The van der Waals surface area contributed by atoms with E-state index in [-0.39, 0.29) is 27.9 Å². The van der Waals surface area contributed by atoms with E-state index in [1.807, 2.05) is 25.7 Å². The number of benzene rings is 2. The number of aromatic nitrogens is 3. The molecule has 1 spiro atoms. The number of hydrogen-bond donors (Lipinski definition) is 0. The molecule has 1 unspecified atom stereocenters. The van der Waals surface area contributed by atoms with E-state index in [4.69, 9.17) is 16.3 Å². The molecule has 2 aromatic heterocycles. The van der Waals surface area contributed by atoms with Gasteiger partial charge in [-0.1, -0.05) is 35.9 Å². The van der Waals surface area contributed by atoms with Crippen molar-refractivity contribution >= 4 is 45.2 Å². The number of carbonyl (C=O) groups excluding carboxylic acids is 1. The number of ether oxygens (including phenoxy) is 1. The van der Waals surface area contributed by atoms with Crippen molar-refractivity contribution in [2.75, 3.05) is 24.5 Å². The number of hydrogen-bond acceptors (Lipinski definition) is 6. The smallest absolute Gasteiger partial charge is 0.410 e. The lowest BCUT2D eigenvalue weighted by atomic mass is 9.95. The number of likely N-dealkylation sites (tertiary alicyclic amines) is 1. The minimum absolute atomic E-state index is 0.0371. The van der Waals surface area contributed by atoms with Crippen molar-refractivity contribution in [3.63, 3.8) is 0 Å². The summed E-state index contributed by atoms with van der Waals surface area (Å²) in [6.07, 6.45) is 5.10. The van der Waals surface area contributed by atoms with E-state index in [1.54, 1.807) is 30.5 Å². The number of anilines is 1. The van der Waals surface area contributed by atoms with Crippen LogP contribution in [0.2, 0.25) is 5.02 Å². The molecular formula is C29H28ClF2N5O2. The largest absolute Gasteiger partial charge is 0.444 e. The molecule has 2 fully saturated rings. The highest BCUT2D eigenvalue weighted by Gasteiger charge is 2.49. The first-order valence-corrected chi connectivity index (χ1v) is 13.4. The minimum Gasteiger partial charge on any atom is -0.444 e. The second kappa shape index (κ2) is 9.26. The van der Waals surface area contributed by atoms with Crippen molar-refractivity contribution in [1.29, 1.82) is 0 Å². The monoisotopic (exact) mass is 551 g/mol. The summed E-state index contributed by atoms with van der Waals surface area (Å²) in [6, 6.07) is 8.10. The normalized spacial score (nSPS) is 19.5. The lowest BCUT2D eigenvalue weighted by Crippen LogP contribution is -2.50. The lowest BCUT2D eigenvalue weighted by molar-refractivity contribution is 0.0111. The Labute approximate surface area is 229 Å². The number of pyridine rings is 1. The highest BCUT2D eigenvalue weighted by atomic mass is 35.5. The fourth-order valence-electron chi connectivity index (χ4n) is 5.93. The van der Waals surface area contributed by atoms with Gasteiger partial charge in [0.05, 0.1) is 15.9 Å². The van der Waals surface area contributed by atoms with E-state index in [0.717, 1.165) is 19.3 Å². The summed E-state index contributed by atoms with van der Waals surface area (Å²) in [5.41, 5.74) is -0.408. The first-order chi connectivity index (χ1) is 18.6. The van der Waals surface area contributed by atoms with Crippen LogP contribution in [-0.4, -0.2) is 56.7 Å². The Morgan fingerprint density at radius 2 is 1.90 bits per heavy atom. The van der Waals surface area contributed by atoms with Gasteiger partial charge in [0.1, 0.15) is 34.8 Å². The summed E-state index contributed by atoms with van der Waals surface area (Å²) in [7, 11) is 0. The molecule has 1 atom stereocenters. The van der Waals surface area contributed by atoms with E-state index in [9.17, 15) is 9.18 Å². The van der Waals surface area contributed by atoms with E-state index >= 15 is 4.39 Å². The maximum atomic E-state index is 16.0. The first-order valence-electron chi connectivity index (χ1n) is 13.0. The van der Waals surface area contributed by atoms with Gasteiger partial charge in [-0.25, -0.2) is 23.5 Å². The fraction of sp³-hybridized carbons (Fsp3) is 0.379. The Morgan fingerprint density at radius 3 is 2.69 bits per heavy atom. The number of amides is 1. The zero-order chi connectivity index (χ0) is 27.5. The van der Waals surface area contributed by atoms with Crippen LogP contribution >= 0.6 is 11.6 Å². The molecule has 6 rings (SSSR count). The molecule has 4 aromatic rings. The summed E-state index contributed by atoms with van der Waals surface area (Å²) in [5, 5.41) is 1.46. The van der Waals surface area contributed by atoms with Crippen molar-refractivity contribution in [2.45, 2.75) is 51.2 Å². The highest BCUT2D eigenvalue weighted by Crippen LogP contribution is 2.42. The molecule has 0 aliphatic carbocycles. The second-order valence-corrected chi connectivity index (χ2v) is 11.7. The van der Waals surface area contributed by atoms with E-state index in [2.05, 4.69) is 19.9 Å². The van der Waals surface area contributed by atoms with E-state index in [1.165, 1.54) is 12.4 Å². The van der Waals surface area contributed by atoms with Crippen LogP contribution in [0.5, 0.6) is 0 Å². The maximum Gasteiger partial charge on any atom is 0.410 e. The molecule has 0 bridgehead atoms. The Bertz CT molecular complexity index is 1630. The second-order valence-electron chi connectivity index (χ2n) is 11.3. The molecule has 7 nitrogen and oxygen atoms in total. The number of nitrogens with zero attached hydrogens (tertiary/aromatic N) is 5. The molecule has 10 heteroatoms. The van der Waals surface area contributed by atoms with Gasteiger partial charge in [-0.3, -0.25) is 4.98 Å². The van der Waals surface area contributed by atoms with Crippen LogP contribution in [0, 0.1) is 11.6 Å². The molecular weight excluding hydrogens is 524 g/mol. The average molecular weight is 552 g/mol. The summed E-state index contributed by atoms with van der Waals surface area (Å²) < 4.78 is 36.0. The first kappa shape index (κ1) is 25.7. The molecule has 2 aliphatic rings. The third kappa shape index (κ3) is 4.33. The molecule has 202 valence electrons. The minimum atomic E-state index is -0.630. The Balaban J connectivity index is 1.37. The zero-order valence-electron chi connectivity index (χ0n) is 22.0. The number of halogens is 3. The molecule has 0 radical (unpaired) electrons. The maximum absolute atomic E-state index is 16.0. The van der Waals surface area contributed by atoms with Gasteiger partial charge in [-0.05, 0) is 51.5 Å². The average Bonchev–Trinajstić information content (AvgIpc) is 3.52. The Hall–Kier alpha value is -3.59. The van der Waals surface area contributed by atoms with Crippen LogP contribution < -0.4 is 4.90 Å². The van der Waals surface area contributed by atoms with Gasteiger partial charge < -0.3 is 14.5 Å². The standard InChI is InChI=1S/C29H28ClF2N5O2/c1-28(2,3)39-27(38)37-12-5-10-29(37)11-13-36(15-29)26-19-14-33-24(23(32)25(19)34-16-35-26)18-7-4-6-17-8-9-20(31)22(30)21(17)18/h4,6-9,14,16H,5,10-13,15H2,1-3H3. The Morgan fingerprint density at radius 1 is 1.08 bits per heavy atom. The number of fused-ring (bicyclic) bond motifs is 2. The number of carbonyl (C=O) groups is 1. The highest BCUT2D eigenvalue weighted by molar-refractivity contribution is 6.36. The van der Waals surface area contributed by atoms with Gasteiger partial charge in [-0.2, -0.15) is 0 Å². The zero-order valence-corrected chi connectivity index (χ0v) is 22.7. The quantitative estimate of drug-likeness (QED) is 0.274. The van der Waals surface area contributed by atoms with Crippen LogP contribution in [0.3, 0.4) is 0 Å². The van der Waals surface area contributed by atoms with Gasteiger partial charge in [0.15, 0.2) is 5.82 Å². The molecule has 4 heterocycles. The van der Waals surface area contributed by atoms with Crippen LogP contribution in [0.4, 0.5) is 19.4 Å². The predicted octanol–water partition coefficient (Wildman–Crippen LogP) is 6.76. The third-order valence-corrected chi connectivity index (χ3v) is 8.00. The predicted molar refractivity (Wildman–Crippen MR) is 147 cm³/mol. The Kier molecular flexibility index (Phi) is 6.10. The molecule has 1 amide bonds. The van der Waals surface area contributed by atoms with Crippen LogP contribution in [0.1, 0.15) is 40.0 Å². The fourth-order valence-corrected chi connectivity index (χ4v) is 6.20. The van der Waals surface area contributed by atoms with Crippen molar-refractivity contribution in [1.82, 2.24) is 19.9 Å². The number of rotatable bonds is 2. The molecule has 0 N–H and O–H groups in total. The van der Waals surface area contributed by atoms with Gasteiger partial charge >= 0.3 is 6.09 Å². The van der Waals surface area contributed by atoms with Crippen LogP contribution in [0.25, 0.3) is 32.9 Å². The van der Waals surface area contributed by atoms with Crippen molar-refractivity contribution in [2.24, 2.45) is 0 Å². The van der Waals surface area contributed by atoms with E-state index < -0.39 is 17.2 Å². The summed E-state index contributed by atoms with van der Waals surface area (Å²) >= 11 is 6.30. The third-order valence-electron chi connectivity index (χ3n) is 7.63. The van der Waals surface area contributed by atoms with Crippen molar-refractivity contribution in [3.8, 4) is 11.3 Å². The van der Waals surface area contributed by atoms with Crippen molar-refractivity contribution < 1.29 is 18.3 Å². The lowest BCUT2D eigenvalue weighted by Gasteiger charge is -2.36. The SMILES string of the molecule is CC(C)(C)OC(=O)N1CCCC12CCN(c1ncnc3c(F)c(-c4cccc5ccc(F)c(Cl)c45)ncc13)C2. The van der Waals surface area contributed by atoms with Crippen LogP contribution in [-0.2, 0) is 4.74 Å². The van der Waals surface area contributed by atoms with Gasteiger partial charge in [0.25, 0.3) is 0 Å². The van der Waals surface area contributed by atoms with Gasteiger partial charge in [0.2, 0.25) is 0 Å².